The minimum absolute atomic E-state index is 0.0274. The molecule has 0 aliphatic carbocycles. The third-order valence-corrected chi connectivity index (χ3v) is 3.01. The maximum absolute atomic E-state index is 10.5. The Bertz CT molecular complexity index is 394. The number of carbonyl (C=O) groups is 1. The molecule has 0 heterocycles. The van der Waals surface area contributed by atoms with E-state index >= 15 is 0 Å². The maximum Gasteiger partial charge on any atom is 0.303 e. The van der Waals surface area contributed by atoms with Crippen LogP contribution in [-0.2, 0) is 10.4 Å². The van der Waals surface area contributed by atoms with Crippen molar-refractivity contribution in [1.29, 1.82) is 0 Å². The highest BCUT2D eigenvalue weighted by Crippen LogP contribution is 2.29. The monoisotopic (exact) mass is 222 g/mol. The molecular formula is C13H18O3. The fraction of sp³-hybridized carbons (Fsp3) is 0.462. The zero-order valence-electron chi connectivity index (χ0n) is 9.95. The molecule has 0 saturated carbocycles. The molecule has 3 nitrogen and oxygen atoms in total. The van der Waals surface area contributed by atoms with Gasteiger partial charge in [-0.25, -0.2) is 0 Å². The summed E-state index contributed by atoms with van der Waals surface area (Å²) < 4.78 is 0. The van der Waals surface area contributed by atoms with Crippen molar-refractivity contribution in [2.75, 3.05) is 0 Å². The topological polar surface area (TPSA) is 57.5 Å². The fourth-order valence-corrected chi connectivity index (χ4v) is 1.82. The number of carboxylic acids is 1. The van der Waals surface area contributed by atoms with Gasteiger partial charge in [0.1, 0.15) is 0 Å². The standard InChI is InChI=1S/C13H18O3/c1-9-5-4-6-11(10(9)2)13(3,16)8-7-12(14)15/h4-6,16H,7-8H2,1-3H3,(H,14,15). The lowest BCUT2D eigenvalue weighted by molar-refractivity contribution is -0.138. The third kappa shape index (κ3) is 2.83. The van der Waals surface area contributed by atoms with E-state index in [1.165, 1.54) is 0 Å². The molecule has 2 N–H and O–H groups in total. The molecule has 1 aromatic rings. The summed E-state index contributed by atoms with van der Waals surface area (Å²) in [7, 11) is 0. The lowest BCUT2D eigenvalue weighted by Crippen LogP contribution is -2.23. The highest BCUT2D eigenvalue weighted by molar-refractivity contribution is 5.66. The van der Waals surface area contributed by atoms with Crippen molar-refractivity contribution in [3.8, 4) is 0 Å². The van der Waals surface area contributed by atoms with Gasteiger partial charge in [-0.3, -0.25) is 4.79 Å². The van der Waals surface area contributed by atoms with Gasteiger partial charge < -0.3 is 10.2 Å². The zero-order valence-corrected chi connectivity index (χ0v) is 9.95. The van der Waals surface area contributed by atoms with Gasteiger partial charge in [-0.2, -0.15) is 0 Å². The van der Waals surface area contributed by atoms with E-state index in [1.807, 2.05) is 32.0 Å². The smallest absolute Gasteiger partial charge is 0.303 e. The first-order chi connectivity index (χ1) is 7.34. The van der Waals surface area contributed by atoms with Crippen molar-refractivity contribution in [3.63, 3.8) is 0 Å². The summed E-state index contributed by atoms with van der Waals surface area (Å²) in [5.74, 6) is -0.884. The first kappa shape index (κ1) is 12.7. The van der Waals surface area contributed by atoms with E-state index in [-0.39, 0.29) is 12.8 Å². The summed E-state index contributed by atoms with van der Waals surface area (Å²) in [6.07, 6.45) is 0.201. The molecular weight excluding hydrogens is 204 g/mol. The van der Waals surface area contributed by atoms with Crippen LogP contribution in [0.1, 0.15) is 36.5 Å². The summed E-state index contributed by atoms with van der Waals surface area (Å²) >= 11 is 0. The summed E-state index contributed by atoms with van der Waals surface area (Å²) in [6.45, 7) is 5.59. The fourth-order valence-electron chi connectivity index (χ4n) is 1.82. The van der Waals surface area contributed by atoms with E-state index < -0.39 is 11.6 Å². The third-order valence-electron chi connectivity index (χ3n) is 3.01. The highest BCUT2D eigenvalue weighted by atomic mass is 16.4. The average molecular weight is 222 g/mol. The summed E-state index contributed by atoms with van der Waals surface area (Å²) in [4.78, 5) is 10.5. The molecule has 1 aromatic carbocycles. The quantitative estimate of drug-likeness (QED) is 0.822. The van der Waals surface area contributed by atoms with Crippen molar-refractivity contribution in [1.82, 2.24) is 0 Å². The SMILES string of the molecule is Cc1cccc(C(C)(O)CCC(=O)O)c1C. The van der Waals surface area contributed by atoms with Crippen LogP contribution < -0.4 is 0 Å². The molecule has 0 aliphatic heterocycles. The molecule has 16 heavy (non-hydrogen) atoms. The second kappa shape index (κ2) is 4.66. The summed E-state index contributed by atoms with van der Waals surface area (Å²) in [6, 6.07) is 5.71. The predicted molar refractivity (Wildman–Crippen MR) is 62.4 cm³/mol. The molecule has 0 radical (unpaired) electrons. The lowest BCUT2D eigenvalue weighted by Gasteiger charge is -2.25. The Morgan fingerprint density at radius 1 is 1.38 bits per heavy atom. The van der Waals surface area contributed by atoms with Gasteiger partial charge in [-0.1, -0.05) is 18.2 Å². The van der Waals surface area contributed by atoms with Crippen molar-refractivity contribution in [2.24, 2.45) is 0 Å². The summed E-state index contributed by atoms with van der Waals surface area (Å²) in [5, 5.41) is 18.9. The number of hydrogen-bond donors (Lipinski definition) is 2. The molecule has 0 spiro atoms. The number of aliphatic hydroxyl groups is 1. The average Bonchev–Trinajstić information content (AvgIpc) is 2.19. The van der Waals surface area contributed by atoms with Crippen LogP contribution in [-0.4, -0.2) is 16.2 Å². The molecule has 1 unspecified atom stereocenters. The van der Waals surface area contributed by atoms with Gasteiger partial charge in [-0.15, -0.1) is 0 Å². The van der Waals surface area contributed by atoms with E-state index in [0.717, 1.165) is 16.7 Å². The molecule has 1 atom stereocenters. The lowest BCUT2D eigenvalue weighted by atomic mass is 9.86. The van der Waals surface area contributed by atoms with Crippen LogP contribution >= 0.6 is 0 Å². The number of rotatable bonds is 4. The Morgan fingerprint density at radius 3 is 2.56 bits per heavy atom. The first-order valence-corrected chi connectivity index (χ1v) is 5.35. The molecule has 88 valence electrons. The molecule has 0 amide bonds. The number of hydrogen-bond acceptors (Lipinski definition) is 2. The Morgan fingerprint density at radius 2 is 2.00 bits per heavy atom. The molecule has 0 saturated heterocycles. The van der Waals surface area contributed by atoms with Crippen LogP contribution in [0.25, 0.3) is 0 Å². The molecule has 0 aromatic heterocycles. The Labute approximate surface area is 95.7 Å². The van der Waals surface area contributed by atoms with E-state index in [0.29, 0.717) is 0 Å². The van der Waals surface area contributed by atoms with Gasteiger partial charge in [0.2, 0.25) is 0 Å². The van der Waals surface area contributed by atoms with Crippen LogP contribution in [0.2, 0.25) is 0 Å². The van der Waals surface area contributed by atoms with Crippen LogP contribution in [0.5, 0.6) is 0 Å². The van der Waals surface area contributed by atoms with Crippen molar-refractivity contribution >= 4 is 5.97 Å². The van der Waals surface area contributed by atoms with Gasteiger partial charge in [-0.05, 0) is 43.9 Å². The Kier molecular flexibility index (Phi) is 3.70. The molecule has 3 heteroatoms. The molecule has 1 rings (SSSR count). The number of carboxylic acid groups (broad SMARTS) is 1. The van der Waals surface area contributed by atoms with Crippen LogP contribution in [0.15, 0.2) is 18.2 Å². The maximum atomic E-state index is 10.5. The summed E-state index contributed by atoms with van der Waals surface area (Å²) in [5.41, 5.74) is 1.87. The second-order valence-corrected chi connectivity index (χ2v) is 4.42. The minimum atomic E-state index is -1.07. The van der Waals surface area contributed by atoms with Crippen LogP contribution in [0.3, 0.4) is 0 Å². The van der Waals surface area contributed by atoms with Gasteiger partial charge in [0.05, 0.1) is 5.60 Å². The van der Waals surface area contributed by atoms with Gasteiger partial charge >= 0.3 is 5.97 Å². The van der Waals surface area contributed by atoms with E-state index in [1.54, 1.807) is 6.92 Å². The van der Waals surface area contributed by atoms with Crippen LogP contribution in [0, 0.1) is 13.8 Å². The highest BCUT2D eigenvalue weighted by Gasteiger charge is 2.25. The minimum Gasteiger partial charge on any atom is -0.481 e. The number of aliphatic carboxylic acids is 1. The van der Waals surface area contributed by atoms with E-state index in [4.69, 9.17) is 5.11 Å². The number of aryl methyl sites for hydroxylation is 1. The molecule has 0 aliphatic rings. The Balaban J connectivity index is 2.97. The second-order valence-electron chi connectivity index (χ2n) is 4.42. The largest absolute Gasteiger partial charge is 0.481 e. The first-order valence-electron chi connectivity index (χ1n) is 5.35. The van der Waals surface area contributed by atoms with Crippen molar-refractivity contribution < 1.29 is 15.0 Å². The van der Waals surface area contributed by atoms with Crippen LogP contribution in [0.4, 0.5) is 0 Å². The van der Waals surface area contributed by atoms with Gasteiger partial charge in [0, 0.05) is 6.42 Å². The normalized spacial score (nSPS) is 14.5. The number of benzene rings is 1. The van der Waals surface area contributed by atoms with E-state index in [9.17, 15) is 9.90 Å². The van der Waals surface area contributed by atoms with E-state index in [2.05, 4.69) is 0 Å². The Hall–Kier alpha value is -1.35. The van der Waals surface area contributed by atoms with Crippen molar-refractivity contribution in [3.05, 3.63) is 34.9 Å². The molecule has 0 bridgehead atoms. The van der Waals surface area contributed by atoms with Crippen molar-refractivity contribution in [2.45, 2.75) is 39.2 Å². The molecule has 0 fully saturated rings. The van der Waals surface area contributed by atoms with Gasteiger partial charge in [0.25, 0.3) is 0 Å². The predicted octanol–water partition coefficient (Wildman–Crippen LogP) is 2.38. The zero-order chi connectivity index (χ0) is 12.3. The van der Waals surface area contributed by atoms with Gasteiger partial charge in [0.15, 0.2) is 0 Å².